The predicted octanol–water partition coefficient (Wildman–Crippen LogP) is 1.08. The van der Waals surface area contributed by atoms with Crippen molar-refractivity contribution in [2.24, 2.45) is 10.8 Å². The van der Waals surface area contributed by atoms with Gasteiger partial charge in [-0.05, 0) is 11.8 Å². The summed E-state index contributed by atoms with van der Waals surface area (Å²) in [5, 5.41) is 18.4. The van der Waals surface area contributed by atoms with Gasteiger partial charge in [-0.15, -0.1) is 0 Å². The average Bonchev–Trinajstić information content (AvgIpc) is 2.01. The first-order valence-electron chi connectivity index (χ1n) is 5.17. The normalized spacial score (nSPS) is 11.1. The van der Waals surface area contributed by atoms with Crippen LogP contribution in [0.5, 0.6) is 0 Å². The monoisotopic (exact) mass is 280 g/mol. The van der Waals surface area contributed by atoms with Gasteiger partial charge < -0.3 is 10.2 Å². The fourth-order valence-electron chi connectivity index (χ4n) is 1.76. The van der Waals surface area contributed by atoms with Crippen LogP contribution in [-0.2, 0) is 9.59 Å². The van der Waals surface area contributed by atoms with Crippen molar-refractivity contribution < 1.29 is 19.8 Å². The number of carboxylic acid groups (broad SMARTS) is 2. The molecule has 0 aromatic carbocycles. The average molecular weight is 280 g/mol. The molecule has 2 N–H and O–H groups in total. The van der Waals surface area contributed by atoms with Crippen LogP contribution in [0.1, 0.15) is 47.0 Å². The Morgan fingerprint density at radius 2 is 1.41 bits per heavy atom. The molecule has 0 saturated heterocycles. The second-order valence-electron chi connectivity index (χ2n) is 4.87. The molecule has 0 aromatic rings. The summed E-state index contributed by atoms with van der Waals surface area (Å²) in [7, 11) is 0. The Morgan fingerprint density at radius 3 is 1.59 bits per heavy atom. The third-order valence-corrected chi connectivity index (χ3v) is 2.92. The first-order chi connectivity index (χ1) is 6.70. The SMILES string of the molecule is CCCCC(C(=O)O)(C(=O)O)C(C)(C)C.[KH].[NaH]. The molecule has 17 heavy (non-hydrogen) atoms. The number of rotatable bonds is 5. The van der Waals surface area contributed by atoms with Gasteiger partial charge in [0.05, 0.1) is 0 Å². The number of carboxylic acids is 2. The van der Waals surface area contributed by atoms with E-state index in [2.05, 4.69) is 0 Å². The second kappa shape index (κ2) is 9.48. The maximum absolute atomic E-state index is 11.2. The molecular weight excluding hydrogens is 258 g/mol. The summed E-state index contributed by atoms with van der Waals surface area (Å²) >= 11 is 0. The first kappa shape index (κ1) is 23.7. The molecule has 0 heterocycles. The molecular formula is C11H22KNaO4. The van der Waals surface area contributed by atoms with Gasteiger partial charge >= 0.3 is 92.9 Å². The van der Waals surface area contributed by atoms with E-state index in [1.165, 1.54) is 0 Å². The van der Waals surface area contributed by atoms with Gasteiger partial charge in [0.1, 0.15) is 0 Å². The van der Waals surface area contributed by atoms with Gasteiger partial charge in [0, 0.05) is 0 Å². The first-order valence-corrected chi connectivity index (χ1v) is 5.17. The Bertz CT molecular complexity index is 247. The fraction of sp³-hybridized carbons (Fsp3) is 0.818. The number of carbonyl (C=O) groups is 2. The van der Waals surface area contributed by atoms with Gasteiger partial charge in [0.25, 0.3) is 0 Å². The fourth-order valence-corrected chi connectivity index (χ4v) is 1.76. The summed E-state index contributed by atoms with van der Waals surface area (Å²) in [6.07, 6.45) is 1.58. The van der Waals surface area contributed by atoms with Crippen LogP contribution in [-0.4, -0.2) is 103 Å². The molecule has 0 rings (SSSR count). The molecule has 6 heteroatoms. The van der Waals surface area contributed by atoms with Gasteiger partial charge in [0.15, 0.2) is 5.41 Å². The van der Waals surface area contributed by atoms with Crippen molar-refractivity contribution in [1.29, 1.82) is 0 Å². The summed E-state index contributed by atoms with van der Waals surface area (Å²) in [6, 6.07) is 0. The van der Waals surface area contributed by atoms with E-state index < -0.39 is 22.8 Å². The molecule has 0 aliphatic rings. The minimum absolute atomic E-state index is 0. The summed E-state index contributed by atoms with van der Waals surface area (Å²) < 4.78 is 0. The number of hydrogen-bond acceptors (Lipinski definition) is 2. The van der Waals surface area contributed by atoms with E-state index in [-0.39, 0.29) is 87.4 Å². The second-order valence-corrected chi connectivity index (χ2v) is 4.87. The van der Waals surface area contributed by atoms with Gasteiger partial charge in [0.2, 0.25) is 0 Å². The van der Waals surface area contributed by atoms with Gasteiger partial charge in [-0.25, -0.2) is 0 Å². The summed E-state index contributed by atoms with van der Waals surface area (Å²) in [5.74, 6) is -2.48. The molecule has 0 bridgehead atoms. The predicted molar refractivity (Wildman–Crippen MR) is 71.0 cm³/mol. The minimum atomic E-state index is -1.68. The van der Waals surface area contributed by atoms with E-state index in [0.717, 1.165) is 6.42 Å². The Hall–Kier alpha value is 1.58. The van der Waals surface area contributed by atoms with Crippen LogP contribution in [0.15, 0.2) is 0 Å². The van der Waals surface area contributed by atoms with Crippen molar-refractivity contribution in [3.05, 3.63) is 0 Å². The molecule has 0 radical (unpaired) electrons. The Balaban J connectivity index is -0.000000980. The van der Waals surface area contributed by atoms with E-state index in [1.54, 1.807) is 20.8 Å². The molecule has 4 nitrogen and oxygen atoms in total. The van der Waals surface area contributed by atoms with Crippen LogP contribution in [0.3, 0.4) is 0 Å². The van der Waals surface area contributed by atoms with E-state index in [9.17, 15) is 19.8 Å². The maximum atomic E-state index is 11.2. The van der Waals surface area contributed by atoms with Crippen molar-refractivity contribution in [1.82, 2.24) is 0 Å². The molecule has 92 valence electrons. The number of aliphatic carboxylic acids is 2. The van der Waals surface area contributed by atoms with Crippen LogP contribution < -0.4 is 0 Å². The van der Waals surface area contributed by atoms with Gasteiger partial charge in [-0.3, -0.25) is 9.59 Å². The van der Waals surface area contributed by atoms with Crippen molar-refractivity contribution >= 4 is 92.9 Å². The molecule has 0 spiro atoms. The Kier molecular flexibility index (Phi) is 13.2. The van der Waals surface area contributed by atoms with Gasteiger partial charge in [-0.1, -0.05) is 40.5 Å². The van der Waals surface area contributed by atoms with E-state index in [4.69, 9.17) is 0 Å². The third-order valence-electron chi connectivity index (χ3n) is 2.92. The Labute approximate surface area is 168 Å². The third kappa shape index (κ3) is 5.61. The van der Waals surface area contributed by atoms with Crippen molar-refractivity contribution in [2.45, 2.75) is 47.0 Å². The summed E-state index contributed by atoms with van der Waals surface area (Å²) in [4.78, 5) is 22.5. The molecule has 0 unspecified atom stereocenters. The number of hydrogen-bond donors (Lipinski definition) is 2. The molecule has 0 fully saturated rings. The quantitative estimate of drug-likeness (QED) is 0.584. The van der Waals surface area contributed by atoms with Crippen LogP contribution in [0.25, 0.3) is 0 Å². The zero-order valence-electron chi connectivity index (χ0n) is 9.83. The van der Waals surface area contributed by atoms with Crippen LogP contribution in [0.4, 0.5) is 0 Å². The summed E-state index contributed by atoms with van der Waals surface area (Å²) in [5.41, 5.74) is -2.47. The zero-order valence-corrected chi connectivity index (χ0v) is 9.83. The molecule has 0 aliphatic heterocycles. The van der Waals surface area contributed by atoms with Crippen molar-refractivity contribution in [3.63, 3.8) is 0 Å². The Morgan fingerprint density at radius 1 is 1.06 bits per heavy atom. The molecule has 0 atom stereocenters. The van der Waals surface area contributed by atoms with E-state index in [0.29, 0.717) is 6.42 Å². The van der Waals surface area contributed by atoms with Crippen LogP contribution in [0, 0.1) is 10.8 Å². The topological polar surface area (TPSA) is 74.6 Å². The zero-order chi connectivity index (χ0) is 12.3. The summed E-state index contributed by atoms with van der Waals surface area (Å²) in [6.45, 7) is 6.89. The van der Waals surface area contributed by atoms with Gasteiger partial charge in [-0.2, -0.15) is 0 Å². The van der Waals surface area contributed by atoms with Crippen molar-refractivity contribution in [3.8, 4) is 0 Å². The standard InChI is InChI=1S/C11H20O4.K.Na.2H/c1-5-6-7-11(8(12)13,9(14)15)10(2,3)4;;;;/h5-7H2,1-4H3,(H,12,13)(H,14,15);;;;. The molecule has 0 saturated carbocycles. The molecule has 0 aromatic heterocycles. The van der Waals surface area contributed by atoms with Crippen LogP contribution >= 0.6 is 0 Å². The van der Waals surface area contributed by atoms with E-state index in [1.807, 2.05) is 6.92 Å². The number of unbranched alkanes of at least 4 members (excludes halogenated alkanes) is 1. The molecule has 0 amide bonds. The van der Waals surface area contributed by atoms with Crippen molar-refractivity contribution in [2.75, 3.05) is 0 Å². The molecule has 0 aliphatic carbocycles. The van der Waals surface area contributed by atoms with E-state index >= 15 is 0 Å². The van der Waals surface area contributed by atoms with Crippen LogP contribution in [0.2, 0.25) is 0 Å².